The molecule has 4 heteroatoms. The third kappa shape index (κ3) is 2.56. The van der Waals surface area contributed by atoms with Gasteiger partial charge in [0.2, 0.25) is 5.91 Å². The first-order chi connectivity index (χ1) is 10.2. The molecule has 0 bridgehead atoms. The van der Waals surface area contributed by atoms with Crippen LogP contribution in [0.25, 0.3) is 10.9 Å². The van der Waals surface area contributed by atoms with Crippen molar-refractivity contribution in [1.29, 1.82) is 0 Å². The first kappa shape index (κ1) is 13.1. The monoisotopic (exact) mass is 278 g/mol. The Bertz CT molecular complexity index is 816. The lowest BCUT2D eigenvalue weighted by atomic mass is 10.0. The van der Waals surface area contributed by atoms with Gasteiger partial charge in [0.25, 0.3) is 0 Å². The van der Waals surface area contributed by atoms with E-state index in [0.29, 0.717) is 11.1 Å². The highest BCUT2D eigenvalue weighted by molar-refractivity contribution is 5.93. The molecule has 0 atom stereocenters. The van der Waals surface area contributed by atoms with Gasteiger partial charge in [-0.05, 0) is 47.9 Å². The zero-order chi connectivity index (χ0) is 14.8. The summed E-state index contributed by atoms with van der Waals surface area (Å²) in [5.74, 6) is -0.427. The maximum atomic E-state index is 11.1. The van der Waals surface area contributed by atoms with Crippen LogP contribution < -0.4 is 5.73 Å². The van der Waals surface area contributed by atoms with Gasteiger partial charge in [-0.3, -0.25) is 9.59 Å². The molecule has 0 aliphatic rings. The lowest BCUT2D eigenvalue weighted by Gasteiger charge is -2.02. The molecular formula is C17H14N2O2. The Hall–Kier alpha value is -2.88. The smallest absolute Gasteiger partial charge is 0.248 e. The van der Waals surface area contributed by atoms with Gasteiger partial charge in [0.1, 0.15) is 6.29 Å². The van der Waals surface area contributed by atoms with E-state index in [2.05, 4.69) is 4.98 Å². The van der Waals surface area contributed by atoms with Crippen LogP contribution in [0, 0.1) is 0 Å². The number of hydrogen-bond donors (Lipinski definition) is 2. The highest BCUT2D eigenvalue weighted by Gasteiger charge is 2.06. The lowest BCUT2D eigenvalue weighted by molar-refractivity contribution is 0.1000. The minimum absolute atomic E-state index is 0.427. The number of aromatic nitrogens is 1. The average Bonchev–Trinajstić information content (AvgIpc) is 2.90. The van der Waals surface area contributed by atoms with E-state index in [0.717, 1.165) is 34.7 Å². The van der Waals surface area contributed by atoms with Gasteiger partial charge in [0.05, 0.1) is 0 Å². The van der Waals surface area contributed by atoms with Crippen molar-refractivity contribution in [1.82, 2.24) is 4.98 Å². The number of benzene rings is 2. The van der Waals surface area contributed by atoms with E-state index < -0.39 is 5.91 Å². The van der Waals surface area contributed by atoms with E-state index in [1.165, 1.54) is 0 Å². The summed E-state index contributed by atoms with van der Waals surface area (Å²) in [7, 11) is 0. The number of H-pyrrole nitrogens is 1. The van der Waals surface area contributed by atoms with Crippen LogP contribution in [0.4, 0.5) is 0 Å². The largest absolute Gasteiger partial charge is 0.366 e. The van der Waals surface area contributed by atoms with E-state index >= 15 is 0 Å². The molecule has 21 heavy (non-hydrogen) atoms. The summed E-state index contributed by atoms with van der Waals surface area (Å²) < 4.78 is 0. The highest BCUT2D eigenvalue weighted by atomic mass is 16.1. The van der Waals surface area contributed by atoms with Crippen molar-refractivity contribution < 1.29 is 9.59 Å². The van der Waals surface area contributed by atoms with E-state index in [1.54, 1.807) is 18.2 Å². The minimum Gasteiger partial charge on any atom is -0.366 e. The number of primary amides is 1. The second-order valence-electron chi connectivity index (χ2n) is 4.97. The summed E-state index contributed by atoms with van der Waals surface area (Å²) in [5.41, 5.74) is 9.59. The standard InChI is InChI=1S/C17H14N2O2/c18-17(21)13-4-1-11(2-5-13)7-14-9-19-16-6-3-12(10-20)8-15(14)16/h1-6,8-10,19H,7H2,(H2,18,21). The Kier molecular flexibility index (Phi) is 3.28. The van der Waals surface area contributed by atoms with E-state index in [-0.39, 0.29) is 0 Å². The SMILES string of the molecule is NC(=O)c1ccc(Cc2c[nH]c3ccc(C=O)cc23)cc1. The zero-order valence-electron chi connectivity index (χ0n) is 11.3. The molecule has 3 N–H and O–H groups in total. The van der Waals surface area contributed by atoms with Crippen molar-refractivity contribution in [3.8, 4) is 0 Å². The van der Waals surface area contributed by atoms with Crippen molar-refractivity contribution in [3.05, 3.63) is 70.9 Å². The molecule has 0 fully saturated rings. The van der Waals surface area contributed by atoms with Crippen LogP contribution in [0.3, 0.4) is 0 Å². The third-order valence-corrected chi connectivity index (χ3v) is 3.56. The number of nitrogens with one attached hydrogen (secondary N) is 1. The summed E-state index contributed by atoms with van der Waals surface area (Å²) in [5, 5.41) is 1.04. The number of carbonyl (C=O) groups excluding carboxylic acids is 2. The second kappa shape index (κ2) is 5.25. The number of rotatable bonds is 4. The van der Waals surface area contributed by atoms with Crippen molar-refractivity contribution in [2.45, 2.75) is 6.42 Å². The van der Waals surface area contributed by atoms with Crippen LogP contribution in [-0.2, 0) is 6.42 Å². The molecule has 1 aromatic heterocycles. The minimum atomic E-state index is -0.427. The Morgan fingerprint density at radius 2 is 1.90 bits per heavy atom. The maximum Gasteiger partial charge on any atom is 0.248 e. The predicted molar refractivity (Wildman–Crippen MR) is 81.5 cm³/mol. The van der Waals surface area contributed by atoms with E-state index in [1.807, 2.05) is 30.5 Å². The Morgan fingerprint density at radius 3 is 2.57 bits per heavy atom. The molecule has 2 aromatic carbocycles. The first-order valence-corrected chi connectivity index (χ1v) is 6.61. The molecule has 0 unspecified atom stereocenters. The molecule has 104 valence electrons. The summed E-state index contributed by atoms with van der Waals surface area (Å²) in [6.07, 6.45) is 3.51. The van der Waals surface area contributed by atoms with E-state index in [4.69, 9.17) is 5.73 Å². The number of fused-ring (bicyclic) bond motifs is 1. The Morgan fingerprint density at radius 1 is 1.14 bits per heavy atom. The highest BCUT2D eigenvalue weighted by Crippen LogP contribution is 2.22. The Labute approximate surface area is 121 Å². The number of aldehydes is 1. The third-order valence-electron chi connectivity index (χ3n) is 3.56. The fraction of sp³-hybridized carbons (Fsp3) is 0.0588. The molecule has 0 aliphatic heterocycles. The first-order valence-electron chi connectivity index (χ1n) is 6.61. The fourth-order valence-electron chi connectivity index (χ4n) is 2.42. The molecule has 0 spiro atoms. The molecular weight excluding hydrogens is 264 g/mol. The lowest BCUT2D eigenvalue weighted by Crippen LogP contribution is -2.10. The summed E-state index contributed by atoms with van der Waals surface area (Å²) >= 11 is 0. The summed E-state index contributed by atoms with van der Waals surface area (Å²) in [6, 6.07) is 12.8. The van der Waals surface area contributed by atoms with Crippen LogP contribution in [0.2, 0.25) is 0 Å². The number of hydrogen-bond acceptors (Lipinski definition) is 2. The van der Waals surface area contributed by atoms with Gasteiger partial charge in [-0.1, -0.05) is 12.1 Å². The number of aromatic amines is 1. The average molecular weight is 278 g/mol. The molecule has 0 radical (unpaired) electrons. The second-order valence-corrected chi connectivity index (χ2v) is 4.97. The quantitative estimate of drug-likeness (QED) is 0.720. The Balaban J connectivity index is 1.93. The van der Waals surface area contributed by atoms with Crippen LogP contribution in [-0.4, -0.2) is 17.2 Å². The van der Waals surface area contributed by atoms with Crippen LogP contribution >= 0.6 is 0 Å². The number of nitrogens with two attached hydrogens (primary N) is 1. The topological polar surface area (TPSA) is 76.0 Å². The predicted octanol–water partition coefficient (Wildman–Crippen LogP) is 2.67. The van der Waals surface area contributed by atoms with Gasteiger partial charge in [0.15, 0.2) is 0 Å². The van der Waals surface area contributed by atoms with Crippen molar-refractivity contribution in [2.75, 3.05) is 0 Å². The van der Waals surface area contributed by atoms with Gasteiger partial charge in [0, 0.05) is 28.2 Å². The van der Waals surface area contributed by atoms with E-state index in [9.17, 15) is 9.59 Å². The maximum absolute atomic E-state index is 11.1. The molecule has 3 rings (SSSR count). The molecule has 0 saturated heterocycles. The molecule has 1 amide bonds. The number of carbonyl (C=O) groups is 2. The van der Waals surface area contributed by atoms with Crippen molar-refractivity contribution in [2.24, 2.45) is 5.73 Å². The van der Waals surface area contributed by atoms with Gasteiger partial charge >= 0.3 is 0 Å². The molecule has 3 aromatic rings. The number of amides is 1. The van der Waals surface area contributed by atoms with Gasteiger partial charge in [-0.25, -0.2) is 0 Å². The van der Waals surface area contributed by atoms with Crippen LogP contribution in [0.5, 0.6) is 0 Å². The molecule has 0 aliphatic carbocycles. The van der Waals surface area contributed by atoms with Crippen LogP contribution in [0.1, 0.15) is 31.8 Å². The van der Waals surface area contributed by atoms with Gasteiger partial charge < -0.3 is 10.7 Å². The van der Waals surface area contributed by atoms with Gasteiger partial charge in [-0.2, -0.15) is 0 Å². The normalized spacial score (nSPS) is 10.7. The molecule has 0 saturated carbocycles. The van der Waals surface area contributed by atoms with Crippen molar-refractivity contribution in [3.63, 3.8) is 0 Å². The zero-order valence-corrected chi connectivity index (χ0v) is 11.3. The summed E-state index contributed by atoms with van der Waals surface area (Å²) in [6.45, 7) is 0. The summed E-state index contributed by atoms with van der Waals surface area (Å²) in [4.78, 5) is 25.1. The molecule has 1 heterocycles. The fourth-order valence-corrected chi connectivity index (χ4v) is 2.42. The van der Waals surface area contributed by atoms with Crippen LogP contribution in [0.15, 0.2) is 48.7 Å². The molecule has 4 nitrogen and oxygen atoms in total. The van der Waals surface area contributed by atoms with Gasteiger partial charge in [-0.15, -0.1) is 0 Å². The van der Waals surface area contributed by atoms with Crippen molar-refractivity contribution >= 4 is 23.1 Å².